The lowest BCUT2D eigenvalue weighted by Gasteiger charge is -2.39. The summed E-state index contributed by atoms with van der Waals surface area (Å²) in [6, 6.07) is 0. The molecule has 0 saturated carbocycles. The average molecular weight is 241 g/mol. The van der Waals surface area contributed by atoms with E-state index in [4.69, 9.17) is 4.74 Å². The molecular weight excluding hydrogens is 218 g/mol. The largest absolute Gasteiger partial charge is 0.481 e. The highest BCUT2D eigenvalue weighted by Gasteiger charge is 2.38. The summed E-state index contributed by atoms with van der Waals surface area (Å²) >= 11 is 0. The van der Waals surface area contributed by atoms with Gasteiger partial charge in [0.1, 0.15) is 0 Å². The Morgan fingerprint density at radius 3 is 2.94 bits per heavy atom. The van der Waals surface area contributed by atoms with E-state index in [0.717, 1.165) is 39.0 Å². The molecule has 0 radical (unpaired) electrons. The quantitative estimate of drug-likeness (QED) is 0.817. The van der Waals surface area contributed by atoms with Gasteiger partial charge < -0.3 is 9.84 Å². The van der Waals surface area contributed by atoms with Gasteiger partial charge in [0.25, 0.3) is 0 Å². The highest BCUT2D eigenvalue weighted by atomic mass is 16.5. The fraction of sp³-hybridized carbons (Fsp3) is 0.923. The van der Waals surface area contributed by atoms with Crippen molar-refractivity contribution in [1.82, 2.24) is 4.90 Å². The molecule has 98 valence electrons. The van der Waals surface area contributed by atoms with Crippen LogP contribution in [0.4, 0.5) is 0 Å². The van der Waals surface area contributed by atoms with Crippen molar-refractivity contribution in [3.8, 4) is 0 Å². The van der Waals surface area contributed by atoms with E-state index in [9.17, 15) is 9.90 Å². The van der Waals surface area contributed by atoms with Crippen molar-refractivity contribution in [2.75, 3.05) is 26.2 Å². The van der Waals surface area contributed by atoms with Crippen molar-refractivity contribution < 1.29 is 14.6 Å². The highest BCUT2D eigenvalue weighted by molar-refractivity contribution is 5.74. The van der Waals surface area contributed by atoms with Crippen LogP contribution >= 0.6 is 0 Å². The molecule has 4 nitrogen and oxygen atoms in total. The third-order valence-corrected chi connectivity index (χ3v) is 4.03. The van der Waals surface area contributed by atoms with Crippen molar-refractivity contribution in [2.45, 2.75) is 45.1 Å². The van der Waals surface area contributed by atoms with Crippen LogP contribution in [0.5, 0.6) is 0 Å². The Bertz CT molecular complexity index is 276. The Morgan fingerprint density at radius 1 is 1.47 bits per heavy atom. The fourth-order valence-electron chi connectivity index (χ4n) is 2.91. The van der Waals surface area contributed by atoms with Gasteiger partial charge in [0.15, 0.2) is 0 Å². The van der Waals surface area contributed by atoms with Crippen LogP contribution in [-0.4, -0.2) is 48.3 Å². The minimum absolute atomic E-state index is 0.319. The summed E-state index contributed by atoms with van der Waals surface area (Å²) in [5.74, 6) is -0.660. The summed E-state index contributed by atoms with van der Waals surface area (Å²) < 4.78 is 5.72. The number of ether oxygens (including phenoxy) is 1. The number of likely N-dealkylation sites (tertiary alicyclic amines) is 1. The lowest BCUT2D eigenvalue weighted by Crippen LogP contribution is -2.48. The number of hydrogen-bond donors (Lipinski definition) is 1. The predicted octanol–water partition coefficient (Wildman–Crippen LogP) is 1.74. The molecule has 2 saturated heterocycles. The molecule has 2 fully saturated rings. The lowest BCUT2D eigenvalue weighted by molar-refractivity contribution is -0.151. The second kappa shape index (κ2) is 5.36. The number of piperidine rings is 1. The summed E-state index contributed by atoms with van der Waals surface area (Å²) in [5.41, 5.74) is -0.563. The maximum atomic E-state index is 11.3. The van der Waals surface area contributed by atoms with Gasteiger partial charge in [0.2, 0.25) is 0 Å². The standard InChI is InChI=1S/C13H23NO3/c1-13(12(15)16)6-4-7-14(10-13)9-11-5-2-3-8-17-11/h11H,2-10H2,1H3,(H,15,16). The first-order valence-electron chi connectivity index (χ1n) is 6.67. The molecule has 2 atom stereocenters. The maximum absolute atomic E-state index is 11.3. The molecule has 2 rings (SSSR count). The van der Waals surface area contributed by atoms with Gasteiger partial charge >= 0.3 is 5.97 Å². The van der Waals surface area contributed by atoms with Crippen molar-refractivity contribution in [3.05, 3.63) is 0 Å². The molecule has 17 heavy (non-hydrogen) atoms. The Balaban J connectivity index is 1.86. The molecule has 2 unspecified atom stereocenters. The topological polar surface area (TPSA) is 49.8 Å². The fourth-order valence-corrected chi connectivity index (χ4v) is 2.91. The Labute approximate surface area is 103 Å². The van der Waals surface area contributed by atoms with Crippen LogP contribution in [-0.2, 0) is 9.53 Å². The number of carboxylic acid groups (broad SMARTS) is 1. The van der Waals surface area contributed by atoms with E-state index in [1.807, 2.05) is 6.92 Å². The van der Waals surface area contributed by atoms with Crippen LogP contribution in [0.3, 0.4) is 0 Å². The lowest BCUT2D eigenvalue weighted by atomic mass is 9.82. The molecule has 0 aromatic carbocycles. The van der Waals surface area contributed by atoms with Crippen LogP contribution in [0, 0.1) is 5.41 Å². The molecule has 0 aromatic heterocycles. The van der Waals surface area contributed by atoms with Gasteiger partial charge in [-0.1, -0.05) is 0 Å². The van der Waals surface area contributed by atoms with Crippen LogP contribution in [0.2, 0.25) is 0 Å². The number of carbonyl (C=O) groups is 1. The second-order valence-electron chi connectivity index (χ2n) is 5.69. The molecule has 2 aliphatic rings. The molecule has 0 spiro atoms. The molecule has 4 heteroatoms. The molecule has 0 amide bonds. The minimum atomic E-state index is -0.660. The molecule has 0 aliphatic carbocycles. The van der Waals surface area contributed by atoms with E-state index in [1.165, 1.54) is 12.8 Å². The summed E-state index contributed by atoms with van der Waals surface area (Å²) in [6.07, 6.45) is 5.64. The number of rotatable bonds is 3. The van der Waals surface area contributed by atoms with Crippen molar-refractivity contribution in [1.29, 1.82) is 0 Å². The molecule has 1 N–H and O–H groups in total. The predicted molar refractivity (Wildman–Crippen MR) is 65.0 cm³/mol. The smallest absolute Gasteiger partial charge is 0.310 e. The third-order valence-electron chi connectivity index (χ3n) is 4.03. The minimum Gasteiger partial charge on any atom is -0.481 e. The molecular formula is C13H23NO3. The number of nitrogens with zero attached hydrogens (tertiary/aromatic N) is 1. The number of aliphatic carboxylic acids is 1. The number of hydrogen-bond acceptors (Lipinski definition) is 3. The zero-order chi connectivity index (χ0) is 12.3. The van der Waals surface area contributed by atoms with Gasteiger partial charge in [-0.25, -0.2) is 0 Å². The van der Waals surface area contributed by atoms with Gasteiger partial charge in [0.05, 0.1) is 11.5 Å². The van der Waals surface area contributed by atoms with Gasteiger partial charge in [-0.05, 0) is 45.6 Å². The maximum Gasteiger partial charge on any atom is 0.310 e. The number of carboxylic acids is 1. The first kappa shape index (κ1) is 12.8. The monoisotopic (exact) mass is 241 g/mol. The van der Waals surface area contributed by atoms with E-state index in [1.54, 1.807) is 0 Å². The van der Waals surface area contributed by atoms with E-state index in [-0.39, 0.29) is 0 Å². The molecule has 2 aliphatic heterocycles. The summed E-state index contributed by atoms with van der Waals surface area (Å²) in [5, 5.41) is 9.26. The van der Waals surface area contributed by atoms with E-state index >= 15 is 0 Å². The van der Waals surface area contributed by atoms with Gasteiger partial charge in [-0.2, -0.15) is 0 Å². The normalized spacial score (nSPS) is 35.7. The molecule has 0 aromatic rings. The molecule has 2 heterocycles. The first-order chi connectivity index (χ1) is 8.10. The molecule has 0 bridgehead atoms. The van der Waals surface area contributed by atoms with E-state index in [2.05, 4.69) is 4.90 Å². The van der Waals surface area contributed by atoms with Crippen LogP contribution in [0.25, 0.3) is 0 Å². The Hall–Kier alpha value is -0.610. The van der Waals surface area contributed by atoms with Crippen LogP contribution < -0.4 is 0 Å². The summed E-state index contributed by atoms with van der Waals surface area (Å²) in [4.78, 5) is 13.5. The van der Waals surface area contributed by atoms with Gasteiger partial charge in [-0.3, -0.25) is 9.69 Å². The van der Waals surface area contributed by atoms with Crippen LogP contribution in [0.1, 0.15) is 39.0 Å². The van der Waals surface area contributed by atoms with E-state index < -0.39 is 11.4 Å². The summed E-state index contributed by atoms with van der Waals surface area (Å²) in [7, 11) is 0. The second-order valence-corrected chi connectivity index (χ2v) is 5.69. The zero-order valence-corrected chi connectivity index (χ0v) is 10.7. The highest BCUT2D eigenvalue weighted by Crippen LogP contribution is 2.30. The SMILES string of the molecule is CC1(C(=O)O)CCCN(CC2CCCCO2)C1. The van der Waals surface area contributed by atoms with E-state index in [0.29, 0.717) is 12.6 Å². The Kier molecular flexibility index (Phi) is 4.05. The van der Waals surface area contributed by atoms with Crippen molar-refractivity contribution >= 4 is 5.97 Å². The van der Waals surface area contributed by atoms with Crippen LogP contribution in [0.15, 0.2) is 0 Å². The van der Waals surface area contributed by atoms with Crippen molar-refractivity contribution in [3.63, 3.8) is 0 Å². The van der Waals surface area contributed by atoms with Gasteiger partial charge in [0, 0.05) is 19.7 Å². The average Bonchev–Trinajstić information content (AvgIpc) is 2.30. The Morgan fingerprint density at radius 2 is 2.29 bits per heavy atom. The van der Waals surface area contributed by atoms with Gasteiger partial charge in [-0.15, -0.1) is 0 Å². The van der Waals surface area contributed by atoms with Crippen molar-refractivity contribution in [2.24, 2.45) is 5.41 Å². The third kappa shape index (κ3) is 3.19. The summed E-state index contributed by atoms with van der Waals surface area (Å²) in [6.45, 7) is 5.33. The first-order valence-corrected chi connectivity index (χ1v) is 6.67. The zero-order valence-electron chi connectivity index (χ0n) is 10.7.